The van der Waals surface area contributed by atoms with E-state index < -0.39 is 8.80 Å². The van der Waals surface area contributed by atoms with Crippen LogP contribution < -0.4 is 0 Å². The largest absolute Gasteiger partial charge is 0.498 e. The molecule has 0 fully saturated rings. The molecule has 0 saturated heterocycles. The van der Waals surface area contributed by atoms with E-state index in [4.69, 9.17) is 8.85 Å². The van der Waals surface area contributed by atoms with E-state index in [9.17, 15) is 9.19 Å². The van der Waals surface area contributed by atoms with Crippen LogP contribution in [0.2, 0.25) is 6.04 Å². The molecule has 0 aliphatic rings. The van der Waals surface area contributed by atoms with Crippen molar-refractivity contribution < 1.29 is 18.0 Å². The second-order valence-electron chi connectivity index (χ2n) is 4.06. The van der Waals surface area contributed by atoms with Crippen LogP contribution in [-0.4, -0.2) is 26.8 Å². The zero-order chi connectivity index (χ0) is 13.4. The van der Waals surface area contributed by atoms with E-state index in [2.05, 4.69) is 0 Å². The number of hydrogen-bond donors (Lipinski definition) is 1. The summed E-state index contributed by atoms with van der Waals surface area (Å²) in [5.41, 5.74) is 1.06. The fourth-order valence-electron chi connectivity index (χ4n) is 1.80. The molecule has 5 heteroatoms. The fourth-order valence-corrected chi connectivity index (χ4v) is 3.70. The lowest BCUT2D eigenvalue weighted by molar-refractivity contribution is 0.108. The average Bonchev–Trinajstić information content (AvgIpc) is 2.32. The lowest BCUT2D eigenvalue weighted by atomic mass is 10.1. The van der Waals surface area contributed by atoms with Gasteiger partial charge in [-0.1, -0.05) is 12.1 Å². The summed E-state index contributed by atoms with van der Waals surface area (Å²) in [6, 6.07) is 6.95. The maximum absolute atomic E-state index is 12.7. The third-order valence-electron chi connectivity index (χ3n) is 2.61. The fraction of sp³-hybridized carbons (Fsp3) is 0.538. The first-order chi connectivity index (χ1) is 8.59. The number of aryl methyl sites for hydroxylation is 1. The predicted octanol–water partition coefficient (Wildman–Crippen LogP) is 2.76. The molecule has 0 saturated carbocycles. The molecular weight excluding hydrogens is 251 g/mol. The number of benzene rings is 1. The summed E-state index contributed by atoms with van der Waals surface area (Å²) >= 11 is 0. The first kappa shape index (κ1) is 15.3. The van der Waals surface area contributed by atoms with E-state index in [1.807, 2.05) is 13.8 Å². The maximum Gasteiger partial charge on any atom is 0.498 e. The molecule has 0 spiro atoms. The van der Waals surface area contributed by atoms with Gasteiger partial charge >= 0.3 is 8.80 Å². The molecule has 0 heterocycles. The van der Waals surface area contributed by atoms with Gasteiger partial charge < -0.3 is 13.6 Å². The van der Waals surface area contributed by atoms with Crippen LogP contribution in [-0.2, 0) is 15.3 Å². The van der Waals surface area contributed by atoms with E-state index in [-0.39, 0.29) is 5.82 Å². The highest BCUT2D eigenvalue weighted by Gasteiger charge is 2.35. The van der Waals surface area contributed by atoms with Gasteiger partial charge in [0.1, 0.15) is 5.82 Å². The van der Waals surface area contributed by atoms with E-state index >= 15 is 0 Å². The Morgan fingerprint density at radius 1 is 1.11 bits per heavy atom. The van der Waals surface area contributed by atoms with Gasteiger partial charge in [0, 0.05) is 19.3 Å². The molecule has 0 atom stereocenters. The summed E-state index contributed by atoms with van der Waals surface area (Å²) in [5.74, 6) is -0.228. The van der Waals surface area contributed by atoms with Crippen LogP contribution in [0.3, 0.4) is 0 Å². The van der Waals surface area contributed by atoms with E-state index in [1.54, 1.807) is 12.1 Å². The van der Waals surface area contributed by atoms with Crippen LogP contribution in [0.1, 0.15) is 25.8 Å². The minimum absolute atomic E-state index is 0.228. The minimum atomic E-state index is -2.99. The monoisotopic (exact) mass is 272 g/mol. The van der Waals surface area contributed by atoms with Gasteiger partial charge in [-0.05, 0) is 44.4 Å². The summed E-state index contributed by atoms with van der Waals surface area (Å²) in [4.78, 5) is 10.2. The number of rotatable bonds is 8. The van der Waals surface area contributed by atoms with Crippen molar-refractivity contribution in [2.75, 3.05) is 13.2 Å². The third kappa shape index (κ3) is 5.26. The summed E-state index contributed by atoms with van der Waals surface area (Å²) < 4.78 is 23.4. The molecule has 1 aromatic rings. The van der Waals surface area contributed by atoms with Crippen molar-refractivity contribution in [2.24, 2.45) is 0 Å². The summed E-state index contributed by atoms with van der Waals surface area (Å²) in [7, 11) is -2.99. The normalized spacial score (nSPS) is 11.8. The van der Waals surface area contributed by atoms with E-state index in [0.29, 0.717) is 19.3 Å². The van der Waals surface area contributed by atoms with Crippen molar-refractivity contribution in [1.29, 1.82) is 0 Å². The molecule has 1 rings (SSSR count). The summed E-state index contributed by atoms with van der Waals surface area (Å²) in [5, 5.41) is 0. The van der Waals surface area contributed by atoms with Crippen molar-refractivity contribution in [1.82, 2.24) is 0 Å². The van der Waals surface area contributed by atoms with Gasteiger partial charge in [0.15, 0.2) is 0 Å². The van der Waals surface area contributed by atoms with Gasteiger partial charge in [-0.2, -0.15) is 0 Å². The quantitative estimate of drug-likeness (QED) is 0.740. The van der Waals surface area contributed by atoms with Gasteiger partial charge in [0.2, 0.25) is 0 Å². The molecule has 102 valence electrons. The molecule has 0 aliphatic heterocycles. The Balaban J connectivity index is 2.40. The Morgan fingerprint density at radius 3 is 2.17 bits per heavy atom. The first-order valence-electron chi connectivity index (χ1n) is 6.34. The van der Waals surface area contributed by atoms with Crippen LogP contribution >= 0.6 is 0 Å². The molecule has 1 N–H and O–H groups in total. The Hall–Kier alpha value is -0.753. The van der Waals surface area contributed by atoms with Crippen LogP contribution in [0.4, 0.5) is 4.39 Å². The Kier molecular flexibility index (Phi) is 6.49. The standard InChI is InChI=1S/C13H21FO3Si/c1-3-16-18(15,17-4-2)11-5-6-12-7-9-13(14)10-8-12/h7-10,15H,3-6,11H2,1-2H3. The average molecular weight is 272 g/mol. The molecule has 3 nitrogen and oxygen atoms in total. The Bertz CT molecular complexity index is 337. The van der Waals surface area contributed by atoms with Gasteiger partial charge in [0.05, 0.1) is 0 Å². The Labute approximate surface area is 109 Å². The lowest BCUT2D eigenvalue weighted by Crippen LogP contribution is -2.42. The second-order valence-corrected chi connectivity index (χ2v) is 6.56. The zero-order valence-electron chi connectivity index (χ0n) is 11.0. The van der Waals surface area contributed by atoms with Crippen LogP contribution in [0.25, 0.3) is 0 Å². The van der Waals surface area contributed by atoms with Crippen molar-refractivity contribution in [3.8, 4) is 0 Å². The van der Waals surface area contributed by atoms with Crippen molar-refractivity contribution in [3.63, 3.8) is 0 Å². The molecule has 0 amide bonds. The molecule has 0 aliphatic carbocycles. The third-order valence-corrected chi connectivity index (χ3v) is 5.08. The summed E-state index contributed by atoms with van der Waals surface area (Å²) in [6.07, 6.45) is 1.56. The topological polar surface area (TPSA) is 38.7 Å². The van der Waals surface area contributed by atoms with Crippen LogP contribution in [0, 0.1) is 5.82 Å². The van der Waals surface area contributed by atoms with Crippen molar-refractivity contribution in [3.05, 3.63) is 35.6 Å². The molecule has 0 unspecified atom stereocenters. The van der Waals surface area contributed by atoms with Crippen molar-refractivity contribution in [2.45, 2.75) is 32.7 Å². The van der Waals surface area contributed by atoms with Gasteiger partial charge in [-0.3, -0.25) is 0 Å². The van der Waals surface area contributed by atoms with Crippen LogP contribution in [0.5, 0.6) is 0 Å². The van der Waals surface area contributed by atoms with Gasteiger partial charge in [-0.15, -0.1) is 0 Å². The number of halogens is 1. The van der Waals surface area contributed by atoms with Crippen molar-refractivity contribution >= 4 is 8.80 Å². The maximum atomic E-state index is 12.7. The Morgan fingerprint density at radius 2 is 1.67 bits per heavy atom. The highest BCUT2D eigenvalue weighted by atomic mass is 28.4. The molecule has 0 radical (unpaired) electrons. The molecule has 1 aromatic carbocycles. The second kappa shape index (κ2) is 7.63. The van der Waals surface area contributed by atoms with E-state index in [1.165, 1.54) is 12.1 Å². The lowest BCUT2D eigenvalue weighted by Gasteiger charge is -2.22. The van der Waals surface area contributed by atoms with Gasteiger partial charge in [0.25, 0.3) is 0 Å². The SMILES string of the molecule is CCO[Si](O)(CCCc1ccc(F)cc1)OCC. The highest BCUT2D eigenvalue weighted by Crippen LogP contribution is 2.15. The molecule has 0 bridgehead atoms. The predicted molar refractivity (Wildman–Crippen MR) is 70.8 cm³/mol. The molecule has 0 aromatic heterocycles. The first-order valence-corrected chi connectivity index (χ1v) is 8.31. The minimum Gasteiger partial charge on any atom is -0.390 e. The van der Waals surface area contributed by atoms with Gasteiger partial charge in [-0.25, -0.2) is 4.39 Å². The smallest absolute Gasteiger partial charge is 0.390 e. The van der Waals surface area contributed by atoms with E-state index in [0.717, 1.165) is 18.4 Å². The number of hydrogen-bond acceptors (Lipinski definition) is 3. The van der Waals surface area contributed by atoms with Crippen LogP contribution in [0.15, 0.2) is 24.3 Å². The zero-order valence-corrected chi connectivity index (χ0v) is 12.0. The molecular formula is C13H21FO3Si. The summed E-state index contributed by atoms with van der Waals surface area (Å²) in [6.45, 7) is 4.60. The molecule has 18 heavy (non-hydrogen) atoms. The highest BCUT2D eigenvalue weighted by molar-refractivity contribution is 6.59.